The van der Waals surface area contributed by atoms with E-state index in [1.54, 1.807) is 0 Å². The molecule has 0 aliphatic heterocycles. The Hall–Kier alpha value is 3.70. The smallest absolute Gasteiger partial charge is 1.00 e. The summed E-state index contributed by atoms with van der Waals surface area (Å²) < 4.78 is 0. The Morgan fingerprint density at radius 2 is 0.800 bits per heavy atom. The zero-order valence-electron chi connectivity index (χ0n) is 6.89. The maximum Gasteiger partial charge on any atom is 1.00 e. The maximum absolute atomic E-state index is 3.22. The van der Waals surface area contributed by atoms with Crippen molar-refractivity contribution in [1.29, 1.82) is 0 Å². The summed E-state index contributed by atoms with van der Waals surface area (Å²) >= 11 is 6.44. The molecular weight excluding hydrogens is 133 g/mol. The fourth-order valence-corrected chi connectivity index (χ4v) is 0. The average molecular weight is 138 g/mol. The van der Waals surface area contributed by atoms with E-state index in [0.717, 1.165) is 0 Å². The molecule has 0 heterocycles. The molecule has 0 aromatic rings. The summed E-state index contributed by atoms with van der Waals surface area (Å²) in [6, 6.07) is 0. The van der Waals surface area contributed by atoms with E-state index in [0.29, 0.717) is 0 Å². The molecule has 0 unspecified atom stereocenters. The first kappa shape index (κ1) is 23.4. The summed E-state index contributed by atoms with van der Waals surface area (Å²) in [5.41, 5.74) is 0. The van der Waals surface area contributed by atoms with Crippen molar-refractivity contribution in [1.82, 2.24) is 0 Å². The van der Waals surface area contributed by atoms with Crippen molar-refractivity contribution in [2.24, 2.45) is 0 Å². The SMILES string of the molecule is SS.[H-].[H-].[H-].[Na+].[Na+].[Na+]. The topological polar surface area (TPSA) is 0 Å². The Bertz CT molecular complexity index is 12.5. The van der Waals surface area contributed by atoms with Gasteiger partial charge < -0.3 is 4.28 Å². The van der Waals surface area contributed by atoms with Crippen LogP contribution in [0.25, 0.3) is 0 Å². The largest absolute Gasteiger partial charge is 1.00 e. The van der Waals surface area contributed by atoms with Crippen LogP contribution < -0.4 is 88.7 Å². The van der Waals surface area contributed by atoms with E-state index in [2.05, 4.69) is 23.3 Å². The van der Waals surface area contributed by atoms with E-state index in [1.165, 1.54) is 0 Å². The fourth-order valence-electron chi connectivity index (χ4n) is 0. The minimum absolute atomic E-state index is 0. The molecule has 5 heavy (non-hydrogen) atoms. The van der Waals surface area contributed by atoms with Crippen LogP contribution in [-0.4, -0.2) is 0 Å². The third-order valence-corrected chi connectivity index (χ3v) is 0. The molecule has 20 valence electrons. The predicted octanol–water partition coefficient (Wildman–Crippen LogP) is -7.89. The van der Waals surface area contributed by atoms with Gasteiger partial charge >= 0.3 is 88.7 Å². The van der Waals surface area contributed by atoms with Crippen molar-refractivity contribution >= 4 is 23.3 Å². The van der Waals surface area contributed by atoms with Gasteiger partial charge in [0.15, 0.2) is 0 Å². The van der Waals surface area contributed by atoms with E-state index in [9.17, 15) is 0 Å². The van der Waals surface area contributed by atoms with Crippen molar-refractivity contribution in [2.45, 2.75) is 0 Å². The molecule has 0 nitrogen and oxygen atoms in total. The summed E-state index contributed by atoms with van der Waals surface area (Å²) in [4.78, 5) is 0. The summed E-state index contributed by atoms with van der Waals surface area (Å²) in [6.45, 7) is 0. The van der Waals surface area contributed by atoms with Gasteiger partial charge in [0.2, 0.25) is 0 Å². The van der Waals surface area contributed by atoms with Gasteiger partial charge in [0.1, 0.15) is 0 Å². The van der Waals surface area contributed by atoms with Crippen molar-refractivity contribution in [3.8, 4) is 0 Å². The van der Waals surface area contributed by atoms with Crippen LogP contribution in [0.15, 0.2) is 0 Å². The van der Waals surface area contributed by atoms with E-state index >= 15 is 0 Å². The quantitative estimate of drug-likeness (QED) is 0.185. The first-order valence-corrected chi connectivity index (χ1v) is 1.80. The molecule has 0 radical (unpaired) electrons. The second kappa shape index (κ2) is 25.2. The first-order chi connectivity index (χ1) is 1.00. The van der Waals surface area contributed by atoms with Gasteiger partial charge in [-0.3, -0.25) is 0 Å². The van der Waals surface area contributed by atoms with Crippen LogP contribution in [0.5, 0.6) is 0 Å². The van der Waals surface area contributed by atoms with Gasteiger partial charge in [-0.05, 0) is 0 Å². The second-order valence-corrected chi connectivity index (χ2v) is 0. The molecule has 0 aliphatic carbocycles. The van der Waals surface area contributed by atoms with Gasteiger partial charge in [0.05, 0.1) is 0 Å². The van der Waals surface area contributed by atoms with E-state index in [4.69, 9.17) is 0 Å². The molecule has 0 rings (SSSR count). The zero-order valence-corrected chi connectivity index (χ0v) is 11.7. The van der Waals surface area contributed by atoms with Crippen molar-refractivity contribution in [3.63, 3.8) is 0 Å². The van der Waals surface area contributed by atoms with Gasteiger partial charge in [-0.2, -0.15) is 0 Å². The predicted molar refractivity (Wildman–Crippen MR) is 21.3 cm³/mol. The summed E-state index contributed by atoms with van der Waals surface area (Å²) in [5, 5.41) is 0. The van der Waals surface area contributed by atoms with Crippen molar-refractivity contribution in [3.05, 3.63) is 0 Å². The number of hydrogen-bond acceptors (Lipinski definition) is 2. The molecule has 0 fully saturated rings. The molecule has 0 atom stereocenters. The molecule has 5 heteroatoms. The average Bonchev–Trinajstić information content (AvgIpc) is 1.00. The Kier molecular flexibility index (Phi) is 118. The van der Waals surface area contributed by atoms with Crippen LogP contribution >= 0.6 is 23.3 Å². The van der Waals surface area contributed by atoms with Gasteiger partial charge in [-0.15, -0.1) is 23.3 Å². The molecule has 0 amide bonds. The van der Waals surface area contributed by atoms with Crippen LogP contribution in [0.2, 0.25) is 0 Å². The van der Waals surface area contributed by atoms with Crippen LogP contribution in [0.1, 0.15) is 4.28 Å². The minimum Gasteiger partial charge on any atom is -1.00 e. The normalized spacial score (nSPS) is 1.20. The van der Waals surface area contributed by atoms with Crippen molar-refractivity contribution < 1.29 is 93.0 Å². The number of hydrogen-bond donors (Lipinski definition) is 2. The molecule has 0 spiro atoms. The van der Waals surface area contributed by atoms with E-state index in [-0.39, 0.29) is 93.0 Å². The number of rotatable bonds is 0. The third-order valence-electron chi connectivity index (χ3n) is 0. The van der Waals surface area contributed by atoms with Gasteiger partial charge in [0.25, 0.3) is 0 Å². The summed E-state index contributed by atoms with van der Waals surface area (Å²) in [6.07, 6.45) is 0. The van der Waals surface area contributed by atoms with Crippen LogP contribution in [0.3, 0.4) is 0 Å². The number of thiol groups is 2. The Balaban J connectivity index is -0.000000000333. The molecule has 0 saturated heterocycles. The van der Waals surface area contributed by atoms with Crippen LogP contribution in [0, 0.1) is 0 Å². The molecule has 0 saturated carbocycles. The summed E-state index contributed by atoms with van der Waals surface area (Å²) in [7, 11) is 0. The van der Waals surface area contributed by atoms with Gasteiger partial charge in [0, 0.05) is 0 Å². The van der Waals surface area contributed by atoms with Crippen LogP contribution in [0.4, 0.5) is 0 Å². The summed E-state index contributed by atoms with van der Waals surface area (Å²) in [5.74, 6) is 0. The molecule has 0 aliphatic rings. The second-order valence-electron chi connectivity index (χ2n) is 0. The van der Waals surface area contributed by atoms with Gasteiger partial charge in [-0.1, -0.05) is 0 Å². The molecular formula is H5Na3S2. The molecule has 0 N–H and O–H groups in total. The van der Waals surface area contributed by atoms with E-state index in [1.807, 2.05) is 0 Å². The minimum atomic E-state index is 0. The van der Waals surface area contributed by atoms with Gasteiger partial charge in [-0.25, -0.2) is 0 Å². The Labute approximate surface area is 114 Å². The zero-order chi connectivity index (χ0) is 2.00. The standard InChI is InChI=1S/3Na.H2S2.3H/c;;;1-2;;;/h;;;1-2H;;;/q3*+1;;3*-1. The third kappa shape index (κ3) is 18.3. The maximum atomic E-state index is 3.22. The molecule has 0 aromatic heterocycles. The Morgan fingerprint density at radius 3 is 0.800 bits per heavy atom. The molecule has 0 bridgehead atoms. The van der Waals surface area contributed by atoms with Crippen molar-refractivity contribution in [2.75, 3.05) is 0 Å². The fraction of sp³-hybridized carbons (Fsp3) is 0. The Morgan fingerprint density at radius 1 is 0.800 bits per heavy atom. The molecule has 0 aromatic carbocycles. The first-order valence-electron chi connectivity index (χ1n) is 0.200. The van der Waals surface area contributed by atoms with E-state index < -0.39 is 0 Å². The van der Waals surface area contributed by atoms with Crippen LogP contribution in [-0.2, 0) is 0 Å². The monoisotopic (exact) mass is 138 g/mol.